The molecular weight excluding hydrogens is 398 g/mol. The smallest absolute Gasteiger partial charge is 0.253 e. The fourth-order valence-electron chi connectivity index (χ4n) is 2.82. The fraction of sp³-hybridized carbons (Fsp3) is 0.263. The van der Waals surface area contributed by atoms with E-state index in [1.807, 2.05) is 23.9 Å². The predicted octanol–water partition coefficient (Wildman–Crippen LogP) is 3.13. The van der Waals surface area contributed by atoms with Crippen LogP contribution in [0.3, 0.4) is 0 Å². The zero-order chi connectivity index (χ0) is 19.3. The van der Waals surface area contributed by atoms with Crippen LogP contribution in [0.4, 0.5) is 0 Å². The van der Waals surface area contributed by atoms with Crippen molar-refractivity contribution >= 4 is 29.3 Å². The molecule has 0 spiro atoms. The van der Waals surface area contributed by atoms with Crippen LogP contribution >= 0.6 is 23.4 Å². The first-order valence-electron chi connectivity index (χ1n) is 8.82. The molecule has 1 amide bonds. The highest BCUT2D eigenvalue weighted by Crippen LogP contribution is 2.22. The molecular formula is C19H18ClN5O2S. The van der Waals surface area contributed by atoms with E-state index in [2.05, 4.69) is 20.5 Å². The standard InChI is InChI=1S/C19H18ClN5O2S/c20-14-2-4-15(5-3-14)25-12-23-24-17(25)10-22-19(26)13-1-6-18(21-9-13)27-16-7-8-28-11-16/h1-6,9,12,16H,7-8,10-11H2,(H,22,26)/t16-/m1/s1. The average Bonchev–Trinajstić information content (AvgIpc) is 3.39. The number of halogens is 1. The first-order valence-corrected chi connectivity index (χ1v) is 10.4. The van der Waals surface area contributed by atoms with Crippen LogP contribution < -0.4 is 10.1 Å². The largest absolute Gasteiger partial charge is 0.473 e. The van der Waals surface area contributed by atoms with Crippen molar-refractivity contribution in [2.24, 2.45) is 0 Å². The number of pyridine rings is 1. The van der Waals surface area contributed by atoms with Gasteiger partial charge in [0.05, 0.1) is 12.1 Å². The number of carbonyl (C=O) groups is 1. The van der Waals surface area contributed by atoms with E-state index >= 15 is 0 Å². The van der Waals surface area contributed by atoms with Crippen LogP contribution in [-0.2, 0) is 6.54 Å². The van der Waals surface area contributed by atoms with Gasteiger partial charge in [0.2, 0.25) is 5.88 Å². The van der Waals surface area contributed by atoms with Crippen LogP contribution in [0, 0.1) is 0 Å². The Labute approximate surface area is 171 Å². The number of rotatable bonds is 6. The Balaban J connectivity index is 1.37. The zero-order valence-corrected chi connectivity index (χ0v) is 16.5. The first kappa shape index (κ1) is 18.8. The van der Waals surface area contributed by atoms with Gasteiger partial charge in [-0.05, 0) is 42.5 Å². The van der Waals surface area contributed by atoms with Gasteiger partial charge in [0, 0.05) is 28.7 Å². The van der Waals surface area contributed by atoms with Crippen LogP contribution in [0.1, 0.15) is 22.6 Å². The molecule has 4 rings (SSSR count). The quantitative estimate of drug-likeness (QED) is 0.666. The van der Waals surface area contributed by atoms with Crippen LogP contribution in [0.15, 0.2) is 48.9 Å². The van der Waals surface area contributed by atoms with Gasteiger partial charge in [-0.15, -0.1) is 10.2 Å². The van der Waals surface area contributed by atoms with Crippen LogP contribution in [-0.4, -0.2) is 43.3 Å². The van der Waals surface area contributed by atoms with Crippen molar-refractivity contribution in [3.05, 3.63) is 65.3 Å². The second-order valence-corrected chi connectivity index (χ2v) is 7.85. The Kier molecular flexibility index (Phi) is 5.78. The lowest BCUT2D eigenvalue weighted by Crippen LogP contribution is -2.24. The number of carbonyl (C=O) groups excluding carboxylic acids is 1. The Morgan fingerprint density at radius 2 is 2.14 bits per heavy atom. The maximum atomic E-state index is 12.4. The van der Waals surface area contributed by atoms with E-state index in [0.717, 1.165) is 23.6 Å². The fourth-order valence-corrected chi connectivity index (χ4v) is 4.04. The summed E-state index contributed by atoms with van der Waals surface area (Å²) in [6.45, 7) is 0.235. The van der Waals surface area contributed by atoms with Crippen molar-refractivity contribution in [3.63, 3.8) is 0 Å². The van der Waals surface area contributed by atoms with Crippen LogP contribution in [0.25, 0.3) is 5.69 Å². The number of nitrogens with one attached hydrogen (secondary N) is 1. The minimum atomic E-state index is -0.235. The lowest BCUT2D eigenvalue weighted by molar-refractivity contribution is 0.0949. The molecule has 3 aromatic rings. The van der Waals surface area contributed by atoms with E-state index < -0.39 is 0 Å². The number of ether oxygens (including phenoxy) is 1. The Hall–Kier alpha value is -2.58. The summed E-state index contributed by atoms with van der Waals surface area (Å²) < 4.78 is 7.60. The van der Waals surface area contributed by atoms with Gasteiger partial charge in [0.1, 0.15) is 12.4 Å². The number of benzene rings is 1. The van der Waals surface area contributed by atoms with E-state index in [9.17, 15) is 4.79 Å². The van der Waals surface area contributed by atoms with Gasteiger partial charge in [-0.2, -0.15) is 11.8 Å². The minimum Gasteiger partial charge on any atom is -0.473 e. The molecule has 3 heterocycles. The van der Waals surface area contributed by atoms with E-state index in [0.29, 0.717) is 22.3 Å². The van der Waals surface area contributed by atoms with Crippen molar-refractivity contribution in [3.8, 4) is 11.6 Å². The number of nitrogens with zero attached hydrogens (tertiary/aromatic N) is 4. The summed E-state index contributed by atoms with van der Waals surface area (Å²) in [6, 6.07) is 10.8. The molecule has 1 aliphatic rings. The van der Waals surface area contributed by atoms with E-state index in [4.69, 9.17) is 16.3 Å². The SMILES string of the molecule is O=C(NCc1nncn1-c1ccc(Cl)cc1)c1ccc(O[C@@H]2CCSC2)nc1. The molecule has 9 heteroatoms. The molecule has 1 N–H and O–H groups in total. The van der Waals surface area contributed by atoms with Gasteiger partial charge >= 0.3 is 0 Å². The minimum absolute atomic E-state index is 0.205. The van der Waals surface area contributed by atoms with Crippen LogP contribution in [0.5, 0.6) is 5.88 Å². The molecule has 1 aliphatic heterocycles. The number of hydrogen-bond donors (Lipinski definition) is 1. The summed E-state index contributed by atoms with van der Waals surface area (Å²) in [5, 5.41) is 11.5. The molecule has 144 valence electrons. The lowest BCUT2D eigenvalue weighted by atomic mass is 10.2. The average molecular weight is 416 g/mol. The highest BCUT2D eigenvalue weighted by atomic mass is 35.5. The third-order valence-electron chi connectivity index (χ3n) is 4.30. The van der Waals surface area contributed by atoms with Crippen molar-refractivity contribution in [1.82, 2.24) is 25.1 Å². The summed E-state index contributed by atoms with van der Waals surface area (Å²) >= 11 is 7.81. The molecule has 28 heavy (non-hydrogen) atoms. The molecule has 1 aromatic carbocycles. The number of hydrogen-bond acceptors (Lipinski definition) is 6. The van der Waals surface area contributed by atoms with Gasteiger partial charge in [-0.1, -0.05) is 11.6 Å². The first-order chi connectivity index (χ1) is 13.7. The second kappa shape index (κ2) is 8.62. The third kappa shape index (κ3) is 4.45. The van der Waals surface area contributed by atoms with Crippen molar-refractivity contribution in [1.29, 1.82) is 0 Å². The summed E-state index contributed by atoms with van der Waals surface area (Å²) in [4.78, 5) is 16.7. The lowest BCUT2D eigenvalue weighted by Gasteiger charge is -2.11. The number of thioether (sulfide) groups is 1. The van der Waals surface area contributed by atoms with E-state index in [1.165, 1.54) is 6.20 Å². The molecule has 1 saturated heterocycles. The Morgan fingerprint density at radius 3 is 2.86 bits per heavy atom. The Bertz CT molecular complexity index is 940. The van der Waals surface area contributed by atoms with Gasteiger partial charge < -0.3 is 10.1 Å². The number of amides is 1. The molecule has 0 aliphatic carbocycles. The molecule has 0 saturated carbocycles. The van der Waals surface area contributed by atoms with Crippen LogP contribution in [0.2, 0.25) is 5.02 Å². The van der Waals surface area contributed by atoms with E-state index in [1.54, 1.807) is 35.2 Å². The highest BCUT2D eigenvalue weighted by Gasteiger charge is 2.18. The molecule has 0 bridgehead atoms. The molecule has 0 radical (unpaired) electrons. The van der Waals surface area contributed by atoms with Gasteiger partial charge in [-0.25, -0.2) is 4.98 Å². The van der Waals surface area contributed by atoms with Gasteiger partial charge in [-0.3, -0.25) is 9.36 Å². The molecule has 0 unspecified atom stereocenters. The summed E-state index contributed by atoms with van der Waals surface area (Å²) in [7, 11) is 0. The van der Waals surface area contributed by atoms with Crippen molar-refractivity contribution in [2.75, 3.05) is 11.5 Å². The van der Waals surface area contributed by atoms with Gasteiger partial charge in [0.15, 0.2) is 5.82 Å². The summed E-state index contributed by atoms with van der Waals surface area (Å²) in [5.74, 6) is 3.03. The van der Waals surface area contributed by atoms with Gasteiger partial charge in [0.25, 0.3) is 5.91 Å². The van der Waals surface area contributed by atoms with E-state index in [-0.39, 0.29) is 18.6 Å². The van der Waals surface area contributed by atoms with Crippen molar-refractivity contribution in [2.45, 2.75) is 19.1 Å². The molecule has 1 fully saturated rings. The third-order valence-corrected chi connectivity index (χ3v) is 5.69. The number of aromatic nitrogens is 4. The topological polar surface area (TPSA) is 81.9 Å². The predicted molar refractivity (Wildman–Crippen MR) is 108 cm³/mol. The maximum Gasteiger partial charge on any atom is 0.253 e. The summed E-state index contributed by atoms with van der Waals surface area (Å²) in [6.07, 6.45) is 4.36. The highest BCUT2D eigenvalue weighted by molar-refractivity contribution is 7.99. The van der Waals surface area contributed by atoms with Crippen molar-refractivity contribution < 1.29 is 9.53 Å². The zero-order valence-electron chi connectivity index (χ0n) is 14.9. The molecule has 2 aromatic heterocycles. The maximum absolute atomic E-state index is 12.4. The molecule has 7 nitrogen and oxygen atoms in total. The normalized spacial score (nSPS) is 16.1. The monoisotopic (exact) mass is 415 g/mol. The Morgan fingerprint density at radius 1 is 1.29 bits per heavy atom. The second-order valence-electron chi connectivity index (χ2n) is 6.26. The molecule has 1 atom stereocenters. The summed E-state index contributed by atoms with van der Waals surface area (Å²) in [5.41, 5.74) is 1.33.